The maximum absolute atomic E-state index is 11.9. The minimum absolute atomic E-state index is 0.134. The fraction of sp³-hybridized carbons (Fsp3) is 0.417. The first kappa shape index (κ1) is 9.51. The van der Waals surface area contributed by atoms with Gasteiger partial charge < -0.3 is 15.2 Å². The number of fused-ring (bicyclic) bond motifs is 1. The number of hydrogen-bond acceptors (Lipinski definition) is 4. The average molecular weight is 219 g/mol. The second-order valence-electron chi connectivity index (χ2n) is 4.22. The van der Waals surface area contributed by atoms with Gasteiger partial charge in [0.2, 0.25) is 0 Å². The highest BCUT2D eigenvalue weighted by molar-refractivity contribution is 6.04. The normalized spacial score (nSPS) is 18.2. The van der Waals surface area contributed by atoms with Crippen LogP contribution in [0.1, 0.15) is 23.2 Å². The maximum Gasteiger partial charge on any atom is 0.168 e. The van der Waals surface area contributed by atoms with Gasteiger partial charge in [0.15, 0.2) is 17.3 Å². The Hall–Kier alpha value is -1.71. The molecule has 0 amide bonds. The molecule has 4 heteroatoms. The third-order valence-electron chi connectivity index (χ3n) is 2.93. The molecule has 0 atom stereocenters. The minimum atomic E-state index is 0.134. The van der Waals surface area contributed by atoms with Crippen molar-refractivity contribution in [3.05, 3.63) is 17.7 Å². The zero-order chi connectivity index (χ0) is 11.1. The Balaban J connectivity index is 2.01. The van der Waals surface area contributed by atoms with E-state index in [0.717, 1.165) is 12.8 Å². The number of rotatable bonds is 2. The highest BCUT2D eigenvalue weighted by Crippen LogP contribution is 2.39. The summed E-state index contributed by atoms with van der Waals surface area (Å²) in [6.07, 6.45) is 1.96. The molecule has 0 spiro atoms. The number of hydrogen-bond donors (Lipinski definition) is 1. The Kier molecular flexibility index (Phi) is 2.02. The molecule has 1 aliphatic heterocycles. The van der Waals surface area contributed by atoms with E-state index in [2.05, 4.69) is 0 Å². The van der Waals surface area contributed by atoms with Crippen molar-refractivity contribution in [3.63, 3.8) is 0 Å². The van der Waals surface area contributed by atoms with Crippen molar-refractivity contribution in [3.8, 4) is 11.5 Å². The van der Waals surface area contributed by atoms with E-state index in [1.54, 1.807) is 12.1 Å². The van der Waals surface area contributed by atoms with E-state index in [-0.39, 0.29) is 11.7 Å². The minimum Gasteiger partial charge on any atom is -0.486 e. The Bertz CT molecular complexity index is 452. The summed E-state index contributed by atoms with van der Waals surface area (Å²) < 4.78 is 10.8. The highest BCUT2D eigenvalue weighted by atomic mass is 16.6. The summed E-state index contributed by atoms with van der Waals surface area (Å²) in [6.45, 7) is 1.05. The molecule has 0 aromatic heterocycles. The summed E-state index contributed by atoms with van der Waals surface area (Å²) in [5.41, 5.74) is 6.92. The van der Waals surface area contributed by atoms with Crippen LogP contribution in [0.15, 0.2) is 12.1 Å². The van der Waals surface area contributed by atoms with Crippen LogP contribution in [-0.4, -0.2) is 19.0 Å². The standard InChI is InChI=1S/C12H13NO3/c13-9-6-11-10(15-3-4-16-11)5-8(9)12(14)7-1-2-7/h5-7H,1-4,13H2. The molecule has 0 radical (unpaired) electrons. The summed E-state index contributed by atoms with van der Waals surface area (Å²) >= 11 is 0. The topological polar surface area (TPSA) is 61.6 Å². The second-order valence-corrected chi connectivity index (χ2v) is 4.22. The summed E-state index contributed by atoms with van der Waals surface area (Å²) in [5.74, 6) is 1.57. The lowest BCUT2D eigenvalue weighted by molar-refractivity contribution is 0.0967. The number of ketones is 1. The third kappa shape index (κ3) is 1.50. The van der Waals surface area contributed by atoms with E-state index in [1.165, 1.54) is 0 Å². The third-order valence-corrected chi connectivity index (χ3v) is 2.93. The largest absolute Gasteiger partial charge is 0.486 e. The molecule has 84 valence electrons. The van der Waals surface area contributed by atoms with Crippen LogP contribution in [0.5, 0.6) is 11.5 Å². The first-order valence-electron chi connectivity index (χ1n) is 5.49. The lowest BCUT2D eigenvalue weighted by atomic mass is 10.0. The number of anilines is 1. The Labute approximate surface area is 93.3 Å². The number of carbonyl (C=O) groups is 1. The number of carbonyl (C=O) groups excluding carboxylic acids is 1. The molecule has 1 heterocycles. The molecule has 4 nitrogen and oxygen atoms in total. The van der Waals surface area contributed by atoms with Crippen LogP contribution in [0.25, 0.3) is 0 Å². The zero-order valence-corrected chi connectivity index (χ0v) is 8.86. The molecule has 0 unspecified atom stereocenters. The molecule has 1 aliphatic carbocycles. The molecule has 1 saturated carbocycles. The van der Waals surface area contributed by atoms with Gasteiger partial charge in [-0.15, -0.1) is 0 Å². The lowest BCUT2D eigenvalue weighted by Crippen LogP contribution is -2.17. The van der Waals surface area contributed by atoms with Crippen LogP contribution >= 0.6 is 0 Å². The lowest BCUT2D eigenvalue weighted by Gasteiger charge is -2.19. The van der Waals surface area contributed by atoms with Gasteiger partial charge in [0.05, 0.1) is 0 Å². The van der Waals surface area contributed by atoms with Crippen molar-refractivity contribution in [2.45, 2.75) is 12.8 Å². The molecule has 0 bridgehead atoms. The molecule has 2 N–H and O–H groups in total. The van der Waals surface area contributed by atoms with Crippen molar-refractivity contribution < 1.29 is 14.3 Å². The van der Waals surface area contributed by atoms with Crippen molar-refractivity contribution >= 4 is 11.5 Å². The van der Waals surface area contributed by atoms with E-state index in [9.17, 15) is 4.79 Å². The highest BCUT2D eigenvalue weighted by Gasteiger charge is 2.32. The molecule has 0 saturated heterocycles. The first-order valence-corrected chi connectivity index (χ1v) is 5.49. The predicted molar refractivity (Wildman–Crippen MR) is 58.9 cm³/mol. The van der Waals surface area contributed by atoms with Crippen molar-refractivity contribution in [2.24, 2.45) is 5.92 Å². The van der Waals surface area contributed by atoms with E-state index in [4.69, 9.17) is 15.2 Å². The van der Waals surface area contributed by atoms with Gasteiger partial charge in [0.1, 0.15) is 13.2 Å². The van der Waals surface area contributed by atoms with Crippen LogP contribution < -0.4 is 15.2 Å². The number of benzene rings is 1. The Morgan fingerprint density at radius 3 is 2.44 bits per heavy atom. The monoisotopic (exact) mass is 219 g/mol. The van der Waals surface area contributed by atoms with E-state index in [1.807, 2.05) is 0 Å². The average Bonchev–Trinajstić information content (AvgIpc) is 3.11. The first-order chi connectivity index (χ1) is 7.75. The summed E-state index contributed by atoms with van der Waals surface area (Å²) in [7, 11) is 0. The maximum atomic E-state index is 11.9. The molecular formula is C12H13NO3. The number of nitrogens with two attached hydrogens (primary N) is 1. The molecule has 3 rings (SSSR count). The molecule has 1 aromatic rings. The predicted octanol–water partition coefficient (Wildman–Crippen LogP) is 1.63. The number of Topliss-reactive ketones (excluding diaryl/α,β-unsaturated/α-hetero) is 1. The molecule has 16 heavy (non-hydrogen) atoms. The SMILES string of the molecule is Nc1cc2c(cc1C(=O)C1CC1)OCCO2. The van der Waals surface area contributed by atoms with Gasteiger partial charge in [0, 0.05) is 23.2 Å². The summed E-state index contributed by atoms with van der Waals surface area (Å²) in [5, 5.41) is 0. The van der Waals surface area contributed by atoms with E-state index in [0.29, 0.717) is 36.0 Å². The van der Waals surface area contributed by atoms with Crippen LogP contribution in [0, 0.1) is 5.92 Å². The molecular weight excluding hydrogens is 206 g/mol. The molecule has 1 fully saturated rings. The number of nitrogen functional groups attached to an aromatic ring is 1. The van der Waals surface area contributed by atoms with E-state index >= 15 is 0 Å². The van der Waals surface area contributed by atoms with Crippen molar-refractivity contribution in [2.75, 3.05) is 18.9 Å². The summed E-state index contributed by atoms with van der Waals surface area (Å²) in [4.78, 5) is 11.9. The van der Waals surface area contributed by atoms with Crippen LogP contribution in [0.2, 0.25) is 0 Å². The summed E-state index contributed by atoms with van der Waals surface area (Å²) in [6, 6.07) is 3.40. The Morgan fingerprint density at radius 1 is 1.19 bits per heavy atom. The van der Waals surface area contributed by atoms with Gasteiger partial charge in [-0.2, -0.15) is 0 Å². The van der Waals surface area contributed by atoms with Gasteiger partial charge in [-0.25, -0.2) is 0 Å². The van der Waals surface area contributed by atoms with Gasteiger partial charge >= 0.3 is 0 Å². The molecule has 2 aliphatic rings. The van der Waals surface area contributed by atoms with Gasteiger partial charge in [-0.05, 0) is 18.9 Å². The van der Waals surface area contributed by atoms with Gasteiger partial charge in [-0.3, -0.25) is 4.79 Å². The van der Waals surface area contributed by atoms with Crippen LogP contribution in [0.4, 0.5) is 5.69 Å². The smallest absolute Gasteiger partial charge is 0.168 e. The second kappa shape index (κ2) is 3.40. The van der Waals surface area contributed by atoms with Crippen molar-refractivity contribution in [1.29, 1.82) is 0 Å². The Morgan fingerprint density at radius 2 is 1.81 bits per heavy atom. The number of ether oxygens (including phenoxy) is 2. The quantitative estimate of drug-likeness (QED) is 0.606. The van der Waals surface area contributed by atoms with E-state index < -0.39 is 0 Å². The fourth-order valence-corrected chi connectivity index (χ4v) is 1.88. The van der Waals surface area contributed by atoms with Crippen LogP contribution in [0.3, 0.4) is 0 Å². The molecule has 1 aromatic carbocycles. The van der Waals surface area contributed by atoms with Crippen molar-refractivity contribution in [1.82, 2.24) is 0 Å². The fourth-order valence-electron chi connectivity index (χ4n) is 1.88. The zero-order valence-electron chi connectivity index (χ0n) is 8.86. The van der Waals surface area contributed by atoms with Crippen LogP contribution in [-0.2, 0) is 0 Å². The van der Waals surface area contributed by atoms with Gasteiger partial charge in [0.25, 0.3) is 0 Å². The van der Waals surface area contributed by atoms with Gasteiger partial charge in [-0.1, -0.05) is 0 Å².